The van der Waals surface area contributed by atoms with Crippen LogP contribution < -0.4 is 0 Å². The molecular formula is C15H11N3O. The van der Waals surface area contributed by atoms with Crippen LogP contribution in [0.15, 0.2) is 47.0 Å². The molecule has 0 aliphatic heterocycles. The third-order valence-electron chi connectivity index (χ3n) is 3.16. The van der Waals surface area contributed by atoms with E-state index < -0.39 is 0 Å². The Labute approximate surface area is 109 Å². The molecule has 4 aromatic rings. The Morgan fingerprint density at radius 1 is 1.16 bits per heavy atom. The van der Waals surface area contributed by atoms with Crippen LogP contribution in [-0.4, -0.2) is 15.0 Å². The molecule has 0 saturated heterocycles. The fraction of sp³-hybridized carbons (Fsp3) is 0.0667. The van der Waals surface area contributed by atoms with Crippen molar-refractivity contribution in [1.82, 2.24) is 15.0 Å². The first kappa shape index (κ1) is 10.3. The minimum atomic E-state index is 0.703. The molecule has 1 aromatic carbocycles. The maximum Gasteiger partial charge on any atom is 0.178 e. The molecule has 19 heavy (non-hydrogen) atoms. The molecule has 0 amide bonds. The Balaban J connectivity index is 1.93. The molecule has 0 unspecified atom stereocenters. The molecular weight excluding hydrogens is 238 g/mol. The number of imidazole rings is 1. The Morgan fingerprint density at radius 3 is 3.00 bits per heavy atom. The fourth-order valence-corrected chi connectivity index (χ4v) is 2.24. The Hall–Kier alpha value is -2.62. The molecule has 0 radical (unpaired) electrons. The molecule has 0 saturated carbocycles. The van der Waals surface area contributed by atoms with Crippen molar-refractivity contribution in [3.8, 4) is 11.6 Å². The molecule has 0 spiro atoms. The minimum absolute atomic E-state index is 0.703. The molecule has 3 aromatic heterocycles. The highest BCUT2D eigenvalue weighted by atomic mass is 16.3. The zero-order chi connectivity index (χ0) is 12.8. The van der Waals surface area contributed by atoms with Gasteiger partial charge in [-0.05, 0) is 37.3 Å². The lowest BCUT2D eigenvalue weighted by Gasteiger charge is -1.89. The normalized spacial score (nSPS) is 11.4. The predicted molar refractivity (Wildman–Crippen MR) is 73.8 cm³/mol. The number of nitrogens with one attached hydrogen (secondary N) is 1. The highest BCUT2D eigenvalue weighted by molar-refractivity contribution is 5.83. The van der Waals surface area contributed by atoms with Crippen molar-refractivity contribution in [3.05, 3.63) is 48.2 Å². The summed E-state index contributed by atoms with van der Waals surface area (Å²) in [4.78, 5) is 11.9. The van der Waals surface area contributed by atoms with Crippen molar-refractivity contribution >= 4 is 22.1 Å². The predicted octanol–water partition coefficient (Wildman–Crippen LogP) is 3.68. The van der Waals surface area contributed by atoms with Crippen LogP contribution in [0.4, 0.5) is 0 Å². The summed E-state index contributed by atoms with van der Waals surface area (Å²) < 4.78 is 5.82. The van der Waals surface area contributed by atoms with Gasteiger partial charge in [0.15, 0.2) is 17.2 Å². The lowest BCUT2D eigenvalue weighted by atomic mass is 10.2. The topological polar surface area (TPSA) is 54.7 Å². The molecule has 3 heterocycles. The molecule has 4 heteroatoms. The summed E-state index contributed by atoms with van der Waals surface area (Å²) >= 11 is 0. The molecule has 0 bridgehead atoms. The van der Waals surface area contributed by atoms with Gasteiger partial charge in [0.1, 0.15) is 5.58 Å². The fourth-order valence-electron chi connectivity index (χ4n) is 2.24. The molecule has 0 aliphatic carbocycles. The highest BCUT2D eigenvalue weighted by Crippen LogP contribution is 2.27. The van der Waals surface area contributed by atoms with E-state index >= 15 is 0 Å². The SMILES string of the molecule is Cc1ccc2oc(-c3nc4ncccc4[nH]3)cc2c1. The monoisotopic (exact) mass is 249 g/mol. The smallest absolute Gasteiger partial charge is 0.178 e. The summed E-state index contributed by atoms with van der Waals surface area (Å²) in [7, 11) is 0. The van der Waals surface area contributed by atoms with Crippen LogP contribution in [0.3, 0.4) is 0 Å². The van der Waals surface area contributed by atoms with Crippen molar-refractivity contribution in [1.29, 1.82) is 0 Å². The lowest BCUT2D eigenvalue weighted by molar-refractivity contribution is 0.626. The van der Waals surface area contributed by atoms with Crippen molar-refractivity contribution in [2.75, 3.05) is 0 Å². The van der Waals surface area contributed by atoms with Gasteiger partial charge in [0.2, 0.25) is 0 Å². The number of hydrogen-bond donors (Lipinski definition) is 1. The van der Waals surface area contributed by atoms with Crippen molar-refractivity contribution in [2.45, 2.75) is 6.92 Å². The van der Waals surface area contributed by atoms with Crippen LogP contribution in [0.25, 0.3) is 33.7 Å². The maximum atomic E-state index is 5.82. The van der Waals surface area contributed by atoms with Crippen LogP contribution in [0.2, 0.25) is 0 Å². The van der Waals surface area contributed by atoms with Crippen LogP contribution in [-0.2, 0) is 0 Å². The van der Waals surface area contributed by atoms with Gasteiger partial charge in [-0.1, -0.05) is 11.6 Å². The van der Waals surface area contributed by atoms with Crippen LogP contribution in [0, 0.1) is 6.92 Å². The highest BCUT2D eigenvalue weighted by Gasteiger charge is 2.11. The van der Waals surface area contributed by atoms with Crippen molar-refractivity contribution in [3.63, 3.8) is 0 Å². The Kier molecular flexibility index (Phi) is 2.00. The molecule has 4 rings (SSSR count). The van der Waals surface area contributed by atoms with Gasteiger partial charge in [-0.25, -0.2) is 9.97 Å². The lowest BCUT2D eigenvalue weighted by Crippen LogP contribution is -1.75. The minimum Gasteiger partial charge on any atom is -0.453 e. The summed E-state index contributed by atoms with van der Waals surface area (Å²) in [5.74, 6) is 1.45. The standard InChI is InChI=1S/C15H11N3O/c1-9-4-5-12-10(7-9)8-13(19-12)15-17-11-3-2-6-16-14(11)18-15/h2-8H,1H3,(H,16,17,18). The summed E-state index contributed by atoms with van der Waals surface area (Å²) in [5, 5.41) is 1.09. The number of pyridine rings is 1. The number of aromatic amines is 1. The van der Waals surface area contributed by atoms with E-state index in [0.717, 1.165) is 22.2 Å². The number of nitrogens with zero attached hydrogens (tertiary/aromatic N) is 2. The molecule has 1 N–H and O–H groups in total. The van der Waals surface area contributed by atoms with E-state index in [4.69, 9.17) is 4.42 Å². The number of fused-ring (bicyclic) bond motifs is 2. The van der Waals surface area contributed by atoms with Crippen LogP contribution in [0.5, 0.6) is 0 Å². The summed E-state index contributed by atoms with van der Waals surface area (Å²) in [6.45, 7) is 2.07. The third kappa shape index (κ3) is 1.61. The van der Waals surface area contributed by atoms with Crippen LogP contribution in [0.1, 0.15) is 5.56 Å². The maximum absolute atomic E-state index is 5.82. The second-order valence-electron chi connectivity index (χ2n) is 4.61. The molecule has 0 fully saturated rings. The number of aryl methyl sites for hydroxylation is 1. The third-order valence-corrected chi connectivity index (χ3v) is 3.16. The van der Waals surface area contributed by atoms with Gasteiger partial charge in [0, 0.05) is 11.6 Å². The largest absolute Gasteiger partial charge is 0.453 e. The zero-order valence-electron chi connectivity index (χ0n) is 10.3. The summed E-state index contributed by atoms with van der Waals surface area (Å²) in [5.41, 5.74) is 3.70. The van der Waals surface area contributed by atoms with E-state index in [1.54, 1.807) is 6.20 Å². The van der Waals surface area contributed by atoms with Crippen molar-refractivity contribution < 1.29 is 4.42 Å². The average molecular weight is 249 g/mol. The second kappa shape index (κ2) is 3.68. The number of H-pyrrole nitrogens is 1. The van der Waals surface area contributed by atoms with E-state index in [1.807, 2.05) is 30.3 Å². The molecule has 92 valence electrons. The number of aromatic nitrogens is 3. The van der Waals surface area contributed by atoms with Gasteiger partial charge in [-0.15, -0.1) is 0 Å². The van der Waals surface area contributed by atoms with Gasteiger partial charge >= 0.3 is 0 Å². The van der Waals surface area contributed by atoms with E-state index in [0.29, 0.717) is 11.5 Å². The number of furan rings is 1. The van der Waals surface area contributed by atoms with E-state index in [-0.39, 0.29) is 0 Å². The zero-order valence-corrected chi connectivity index (χ0v) is 10.3. The first-order valence-corrected chi connectivity index (χ1v) is 6.11. The number of hydrogen-bond acceptors (Lipinski definition) is 3. The number of rotatable bonds is 1. The first-order valence-electron chi connectivity index (χ1n) is 6.11. The quantitative estimate of drug-likeness (QED) is 0.560. The Morgan fingerprint density at radius 2 is 2.11 bits per heavy atom. The first-order chi connectivity index (χ1) is 9.29. The van der Waals surface area contributed by atoms with E-state index in [9.17, 15) is 0 Å². The van der Waals surface area contributed by atoms with Gasteiger partial charge in [0.05, 0.1) is 5.52 Å². The Bertz CT molecular complexity index is 856. The second-order valence-corrected chi connectivity index (χ2v) is 4.61. The van der Waals surface area contributed by atoms with E-state index in [1.165, 1.54) is 5.56 Å². The summed E-state index contributed by atoms with van der Waals surface area (Å²) in [6.07, 6.45) is 1.73. The summed E-state index contributed by atoms with van der Waals surface area (Å²) in [6, 6.07) is 12.0. The number of benzene rings is 1. The van der Waals surface area contributed by atoms with Gasteiger partial charge in [0.25, 0.3) is 0 Å². The van der Waals surface area contributed by atoms with Gasteiger partial charge < -0.3 is 9.40 Å². The molecule has 4 nitrogen and oxygen atoms in total. The van der Waals surface area contributed by atoms with E-state index in [2.05, 4.69) is 27.9 Å². The van der Waals surface area contributed by atoms with Gasteiger partial charge in [-0.2, -0.15) is 0 Å². The van der Waals surface area contributed by atoms with Crippen molar-refractivity contribution in [2.24, 2.45) is 0 Å². The van der Waals surface area contributed by atoms with Gasteiger partial charge in [-0.3, -0.25) is 0 Å². The van der Waals surface area contributed by atoms with Crippen LogP contribution >= 0.6 is 0 Å². The molecule has 0 aliphatic rings. The molecule has 0 atom stereocenters. The average Bonchev–Trinajstić information content (AvgIpc) is 3.00.